The summed E-state index contributed by atoms with van der Waals surface area (Å²) >= 11 is 0. The molecule has 0 bridgehead atoms. The van der Waals surface area contributed by atoms with Crippen LogP contribution in [0.3, 0.4) is 0 Å². The van der Waals surface area contributed by atoms with Gasteiger partial charge in [0.1, 0.15) is 0 Å². The summed E-state index contributed by atoms with van der Waals surface area (Å²) < 4.78 is 0. The third-order valence-corrected chi connectivity index (χ3v) is 2.95. The van der Waals surface area contributed by atoms with Crippen LogP contribution < -0.4 is 5.48 Å². The smallest absolute Gasteiger partial charge is 0.0572 e. The Bertz CT molecular complexity index is 116. The van der Waals surface area contributed by atoms with Gasteiger partial charge in [0.15, 0.2) is 0 Å². The molecule has 0 aromatic rings. The minimum Gasteiger partial charge on any atom is -0.305 e. The van der Waals surface area contributed by atoms with Gasteiger partial charge in [0.2, 0.25) is 0 Å². The largest absolute Gasteiger partial charge is 0.305 e. The highest BCUT2D eigenvalue weighted by molar-refractivity contribution is 4.71. The van der Waals surface area contributed by atoms with E-state index in [4.69, 9.17) is 4.84 Å². The predicted octanol–water partition coefficient (Wildman–Crippen LogP) is 2.50. The van der Waals surface area contributed by atoms with E-state index < -0.39 is 0 Å². The maximum atomic E-state index is 4.96. The third kappa shape index (κ3) is 3.11. The van der Waals surface area contributed by atoms with Crippen molar-refractivity contribution in [3.05, 3.63) is 0 Å². The number of rotatable bonds is 3. The second-order valence-corrected chi connectivity index (χ2v) is 3.80. The third-order valence-electron chi connectivity index (χ3n) is 2.95. The van der Waals surface area contributed by atoms with Gasteiger partial charge in [-0.2, -0.15) is 5.48 Å². The van der Waals surface area contributed by atoms with Crippen LogP contribution in [0.5, 0.6) is 0 Å². The van der Waals surface area contributed by atoms with Crippen LogP contribution in [-0.4, -0.2) is 13.2 Å². The summed E-state index contributed by atoms with van der Waals surface area (Å²) in [6.07, 6.45) is 8.06. The molecule has 12 heavy (non-hydrogen) atoms. The molecular formula is C10H21NO. The lowest BCUT2D eigenvalue weighted by molar-refractivity contribution is 0.0557. The van der Waals surface area contributed by atoms with Gasteiger partial charge in [-0.15, -0.1) is 0 Å². The molecule has 2 nitrogen and oxygen atoms in total. The fraction of sp³-hybridized carbons (Fsp3) is 1.00. The molecule has 0 saturated heterocycles. The Morgan fingerprint density at radius 2 is 2.08 bits per heavy atom. The number of hydrogen-bond donors (Lipinski definition) is 1. The van der Waals surface area contributed by atoms with Crippen molar-refractivity contribution in [3.8, 4) is 0 Å². The minimum atomic E-state index is 0.603. The minimum absolute atomic E-state index is 0.603. The van der Waals surface area contributed by atoms with Crippen molar-refractivity contribution in [3.63, 3.8) is 0 Å². The quantitative estimate of drug-likeness (QED) is 0.520. The predicted molar refractivity (Wildman–Crippen MR) is 50.8 cm³/mol. The van der Waals surface area contributed by atoms with Crippen molar-refractivity contribution >= 4 is 0 Å². The van der Waals surface area contributed by atoms with Crippen molar-refractivity contribution in [2.24, 2.45) is 5.92 Å². The van der Waals surface area contributed by atoms with E-state index in [-0.39, 0.29) is 0 Å². The molecule has 1 fully saturated rings. The van der Waals surface area contributed by atoms with Gasteiger partial charge in [0.05, 0.1) is 7.11 Å². The van der Waals surface area contributed by atoms with Crippen LogP contribution >= 0.6 is 0 Å². The molecule has 1 rings (SSSR count). The number of hydroxylamine groups is 1. The monoisotopic (exact) mass is 171 g/mol. The molecule has 2 unspecified atom stereocenters. The average molecular weight is 171 g/mol. The zero-order chi connectivity index (χ0) is 8.81. The van der Waals surface area contributed by atoms with E-state index >= 15 is 0 Å². The lowest BCUT2D eigenvalue weighted by atomic mass is 9.98. The van der Waals surface area contributed by atoms with Crippen LogP contribution in [0.15, 0.2) is 0 Å². The highest BCUT2D eigenvalue weighted by atomic mass is 16.6. The van der Waals surface area contributed by atoms with E-state index in [1.807, 2.05) is 0 Å². The normalized spacial score (nSPS) is 31.5. The highest BCUT2D eigenvalue weighted by Gasteiger charge is 2.16. The second-order valence-electron chi connectivity index (χ2n) is 3.80. The second kappa shape index (κ2) is 5.55. The van der Waals surface area contributed by atoms with Crippen molar-refractivity contribution < 1.29 is 4.84 Å². The molecule has 1 aliphatic rings. The molecule has 72 valence electrons. The maximum Gasteiger partial charge on any atom is 0.0572 e. The van der Waals surface area contributed by atoms with Crippen LogP contribution in [0, 0.1) is 5.92 Å². The first-order valence-corrected chi connectivity index (χ1v) is 5.15. The van der Waals surface area contributed by atoms with Gasteiger partial charge in [-0.1, -0.05) is 26.2 Å². The van der Waals surface area contributed by atoms with Crippen LogP contribution in [0.4, 0.5) is 0 Å². The Kier molecular flexibility index (Phi) is 4.62. The maximum absolute atomic E-state index is 4.96. The number of nitrogens with one attached hydrogen (secondary N) is 1. The molecule has 0 aromatic carbocycles. The molecule has 1 aliphatic carbocycles. The molecule has 2 atom stereocenters. The SMILES string of the molecule is CCC1CCCC(NOC)CC1. The van der Waals surface area contributed by atoms with Crippen LogP contribution in [0.2, 0.25) is 0 Å². The Labute approximate surface area is 75.6 Å². The molecule has 0 radical (unpaired) electrons. The van der Waals surface area contributed by atoms with Gasteiger partial charge < -0.3 is 4.84 Å². The van der Waals surface area contributed by atoms with Crippen molar-refractivity contribution in [1.82, 2.24) is 5.48 Å². The Morgan fingerprint density at radius 1 is 1.25 bits per heavy atom. The van der Waals surface area contributed by atoms with Crippen molar-refractivity contribution in [2.75, 3.05) is 7.11 Å². The fourth-order valence-corrected chi connectivity index (χ4v) is 2.07. The summed E-state index contributed by atoms with van der Waals surface area (Å²) in [4.78, 5) is 4.96. The summed E-state index contributed by atoms with van der Waals surface area (Å²) in [5, 5.41) is 0. The molecule has 0 heterocycles. The topological polar surface area (TPSA) is 21.3 Å². The molecule has 1 N–H and O–H groups in total. The molecule has 0 spiro atoms. The van der Waals surface area contributed by atoms with Gasteiger partial charge in [-0.05, 0) is 25.2 Å². The first kappa shape index (κ1) is 10.0. The molecule has 1 saturated carbocycles. The van der Waals surface area contributed by atoms with Gasteiger partial charge >= 0.3 is 0 Å². The first-order valence-electron chi connectivity index (χ1n) is 5.15. The Morgan fingerprint density at radius 3 is 2.75 bits per heavy atom. The van der Waals surface area contributed by atoms with E-state index in [1.165, 1.54) is 38.5 Å². The fourth-order valence-electron chi connectivity index (χ4n) is 2.07. The van der Waals surface area contributed by atoms with Crippen molar-refractivity contribution in [1.29, 1.82) is 0 Å². The Balaban J connectivity index is 2.24. The van der Waals surface area contributed by atoms with Crippen LogP contribution in [0.25, 0.3) is 0 Å². The number of hydrogen-bond acceptors (Lipinski definition) is 2. The highest BCUT2D eigenvalue weighted by Crippen LogP contribution is 2.25. The van der Waals surface area contributed by atoms with E-state index in [1.54, 1.807) is 7.11 Å². The van der Waals surface area contributed by atoms with Gasteiger partial charge in [-0.3, -0.25) is 0 Å². The van der Waals surface area contributed by atoms with E-state index in [0.717, 1.165) is 5.92 Å². The van der Waals surface area contributed by atoms with E-state index in [0.29, 0.717) is 6.04 Å². The zero-order valence-corrected chi connectivity index (χ0v) is 8.31. The lowest BCUT2D eigenvalue weighted by Crippen LogP contribution is -2.27. The summed E-state index contributed by atoms with van der Waals surface area (Å²) in [6.45, 7) is 2.30. The molecular weight excluding hydrogens is 150 g/mol. The molecule has 0 aromatic heterocycles. The van der Waals surface area contributed by atoms with Crippen LogP contribution in [-0.2, 0) is 4.84 Å². The molecule has 0 aliphatic heterocycles. The van der Waals surface area contributed by atoms with Gasteiger partial charge in [-0.25, -0.2) is 0 Å². The summed E-state index contributed by atoms with van der Waals surface area (Å²) in [5.74, 6) is 0.966. The van der Waals surface area contributed by atoms with Crippen molar-refractivity contribution in [2.45, 2.75) is 51.5 Å². The zero-order valence-electron chi connectivity index (χ0n) is 8.31. The van der Waals surface area contributed by atoms with Gasteiger partial charge in [0.25, 0.3) is 0 Å². The summed E-state index contributed by atoms with van der Waals surface area (Å²) in [5.41, 5.74) is 3.07. The van der Waals surface area contributed by atoms with E-state index in [2.05, 4.69) is 12.4 Å². The summed E-state index contributed by atoms with van der Waals surface area (Å²) in [6, 6.07) is 0.603. The summed E-state index contributed by atoms with van der Waals surface area (Å²) in [7, 11) is 1.71. The first-order chi connectivity index (χ1) is 5.86. The molecule has 0 amide bonds. The molecule has 2 heteroatoms. The Hall–Kier alpha value is -0.0800. The van der Waals surface area contributed by atoms with E-state index in [9.17, 15) is 0 Å². The standard InChI is InChI=1S/C10H21NO/c1-3-9-5-4-6-10(8-7-9)11-12-2/h9-11H,3-8H2,1-2H3. The van der Waals surface area contributed by atoms with Gasteiger partial charge in [0, 0.05) is 6.04 Å². The van der Waals surface area contributed by atoms with Crippen LogP contribution in [0.1, 0.15) is 45.4 Å². The lowest BCUT2D eigenvalue weighted by Gasteiger charge is -2.14. The average Bonchev–Trinajstić information content (AvgIpc) is 2.31.